The van der Waals surface area contributed by atoms with Gasteiger partial charge in [0.25, 0.3) is 11.8 Å². The number of methoxy groups -OCH3 is 1. The third-order valence-corrected chi connectivity index (χ3v) is 7.25. The molecule has 2 saturated carbocycles. The average molecular weight is 451 g/mol. The van der Waals surface area contributed by atoms with E-state index in [4.69, 9.17) is 4.74 Å². The maximum absolute atomic E-state index is 13.7. The van der Waals surface area contributed by atoms with Crippen molar-refractivity contribution in [3.63, 3.8) is 0 Å². The number of nitrogens with one attached hydrogen (secondary N) is 1. The van der Waals surface area contributed by atoms with Gasteiger partial charge in [0.1, 0.15) is 12.3 Å². The molecule has 2 heterocycles. The van der Waals surface area contributed by atoms with E-state index < -0.39 is 17.8 Å². The predicted octanol–water partition coefficient (Wildman–Crippen LogP) is 3.89. The normalized spacial score (nSPS) is 19.3. The van der Waals surface area contributed by atoms with E-state index in [1.54, 1.807) is 6.92 Å². The highest BCUT2D eigenvalue weighted by molar-refractivity contribution is 7.16. The summed E-state index contributed by atoms with van der Waals surface area (Å²) in [5.74, 6) is -2.99. The molecule has 2 fully saturated rings. The number of pyridine rings is 1. The molecule has 10 heteroatoms. The molecule has 0 aliphatic heterocycles. The van der Waals surface area contributed by atoms with E-state index in [1.807, 2.05) is 0 Å². The van der Waals surface area contributed by atoms with Crippen LogP contribution in [-0.2, 0) is 9.53 Å². The lowest BCUT2D eigenvalue weighted by molar-refractivity contribution is -0.121. The quantitative estimate of drug-likeness (QED) is 0.675. The summed E-state index contributed by atoms with van der Waals surface area (Å²) in [6.45, 7) is 1.41. The van der Waals surface area contributed by atoms with Gasteiger partial charge in [-0.1, -0.05) is 12.8 Å². The highest BCUT2D eigenvalue weighted by Crippen LogP contribution is 2.53. The van der Waals surface area contributed by atoms with Crippen molar-refractivity contribution < 1.29 is 23.1 Å². The van der Waals surface area contributed by atoms with Crippen LogP contribution < -0.4 is 10.2 Å². The molecule has 31 heavy (non-hydrogen) atoms. The Morgan fingerprint density at radius 1 is 1.23 bits per heavy atom. The van der Waals surface area contributed by atoms with Crippen LogP contribution in [0.15, 0.2) is 12.1 Å². The third-order valence-electron chi connectivity index (χ3n) is 6.29. The zero-order valence-corrected chi connectivity index (χ0v) is 18.2. The van der Waals surface area contributed by atoms with Gasteiger partial charge in [-0.05, 0) is 38.0 Å². The zero-order chi connectivity index (χ0) is 22.2. The number of nitrogens with zero attached hydrogens (tertiary/aromatic N) is 3. The minimum absolute atomic E-state index is 0.0725. The van der Waals surface area contributed by atoms with Crippen molar-refractivity contribution in [2.45, 2.75) is 51.5 Å². The van der Waals surface area contributed by atoms with Gasteiger partial charge in [-0.15, -0.1) is 11.3 Å². The minimum atomic E-state index is -1.07. The number of hydrogen-bond acceptors (Lipinski definition) is 6. The number of aromatic nitrogens is 2. The summed E-state index contributed by atoms with van der Waals surface area (Å²) in [5.41, 5.74) is 0.358. The van der Waals surface area contributed by atoms with Crippen LogP contribution in [0.2, 0.25) is 0 Å². The van der Waals surface area contributed by atoms with E-state index in [2.05, 4.69) is 15.3 Å². The van der Waals surface area contributed by atoms with Crippen LogP contribution in [0.3, 0.4) is 0 Å². The molecule has 2 aromatic heterocycles. The molecule has 2 aromatic rings. The number of hydrogen-bond donors (Lipinski definition) is 1. The molecule has 1 atom stereocenters. The molecule has 4 rings (SSSR count). The molecule has 166 valence electrons. The fourth-order valence-electron chi connectivity index (χ4n) is 4.65. The average Bonchev–Trinajstić information content (AvgIpc) is 3.33. The molecule has 2 aliphatic carbocycles. The van der Waals surface area contributed by atoms with Crippen LogP contribution in [0.1, 0.15) is 53.9 Å². The number of anilines is 2. The highest BCUT2D eigenvalue weighted by Gasteiger charge is 2.48. The van der Waals surface area contributed by atoms with E-state index in [0.717, 1.165) is 54.1 Å². The second-order valence-corrected chi connectivity index (χ2v) is 9.35. The first-order valence-corrected chi connectivity index (χ1v) is 11.1. The summed E-state index contributed by atoms with van der Waals surface area (Å²) < 4.78 is 32.3. The smallest absolute Gasteiger partial charge is 0.271 e. The van der Waals surface area contributed by atoms with Gasteiger partial charge in [-0.3, -0.25) is 14.5 Å². The van der Waals surface area contributed by atoms with E-state index in [0.29, 0.717) is 4.88 Å². The van der Waals surface area contributed by atoms with Gasteiger partial charge in [0.05, 0.1) is 5.69 Å². The molecule has 0 aromatic carbocycles. The molecule has 0 bridgehead atoms. The van der Waals surface area contributed by atoms with Crippen molar-refractivity contribution >= 4 is 34.0 Å². The van der Waals surface area contributed by atoms with Gasteiger partial charge in [0.2, 0.25) is 11.9 Å². The van der Waals surface area contributed by atoms with Gasteiger partial charge < -0.3 is 10.1 Å². The fraction of sp³-hybridized carbons (Fsp3) is 0.524. The first kappa shape index (κ1) is 21.8. The standard InChI is InChI=1S/C21H24F2N4O3S/c1-12-18(19(29)24-14-5-8-21(14)6-3-4-7-21)26-20(31-12)27(17(28)11-30-2)13-9-15(22)25-16(23)10-13/h9-10,14H,3-8,11H2,1-2H3,(H,24,29). The Hall–Kier alpha value is -2.46. The summed E-state index contributed by atoms with van der Waals surface area (Å²) in [5, 5.41) is 3.26. The number of carbonyl (C=O) groups excluding carboxylic acids is 2. The summed E-state index contributed by atoms with van der Waals surface area (Å²) in [6, 6.07) is 2.01. The lowest BCUT2D eigenvalue weighted by Crippen LogP contribution is -2.54. The number of ether oxygens (including phenoxy) is 1. The topological polar surface area (TPSA) is 84.4 Å². The van der Waals surface area contributed by atoms with Gasteiger partial charge in [0, 0.05) is 30.2 Å². The Bertz CT molecular complexity index is 986. The lowest BCUT2D eigenvalue weighted by Gasteiger charge is -2.47. The van der Waals surface area contributed by atoms with Crippen molar-refractivity contribution in [1.29, 1.82) is 0 Å². The Balaban J connectivity index is 1.61. The van der Waals surface area contributed by atoms with E-state index >= 15 is 0 Å². The Kier molecular flexibility index (Phi) is 6.02. The zero-order valence-electron chi connectivity index (χ0n) is 17.4. The summed E-state index contributed by atoms with van der Waals surface area (Å²) in [4.78, 5) is 34.7. The second kappa shape index (κ2) is 8.58. The van der Waals surface area contributed by atoms with Crippen LogP contribution in [0.25, 0.3) is 0 Å². The van der Waals surface area contributed by atoms with Crippen molar-refractivity contribution in [1.82, 2.24) is 15.3 Å². The largest absolute Gasteiger partial charge is 0.375 e. The Labute approximate surface area is 182 Å². The summed E-state index contributed by atoms with van der Waals surface area (Å²) in [6.07, 6.45) is 6.76. The molecular formula is C21H24F2N4O3S. The maximum Gasteiger partial charge on any atom is 0.271 e. The van der Waals surface area contributed by atoms with Gasteiger partial charge in [-0.2, -0.15) is 13.8 Å². The van der Waals surface area contributed by atoms with Gasteiger partial charge in [-0.25, -0.2) is 4.98 Å². The molecule has 2 aliphatic rings. The van der Waals surface area contributed by atoms with Crippen LogP contribution in [-0.4, -0.2) is 41.5 Å². The van der Waals surface area contributed by atoms with Gasteiger partial charge >= 0.3 is 0 Å². The monoisotopic (exact) mass is 450 g/mol. The molecule has 7 nitrogen and oxygen atoms in total. The van der Waals surface area contributed by atoms with Crippen molar-refractivity contribution in [2.75, 3.05) is 18.6 Å². The number of halogens is 2. The fourth-order valence-corrected chi connectivity index (χ4v) is 5.59. The van der Waals surface area contributed by atoms with Crippen molar-refractivity contribution in [3.8, 4) is 0 Å². The van der Waals surface area contributed by atoms with Crippen LogP contribution in [0.5, 0.6) is 0 Å². The molecule has 1 N–H and O–H groups in total. The van der Waals surface area contributed by atoms with Crippen LogP contribution in [0, 0.1) is 24.2 Å². The van der Waals surface area contributed by atoms with E-state index in [-0.39, 0.29) is 40.5 Å². The molecule has 0 saturated heterocycles. The molecule has 1 spiro atoms. The third kappa shape index (κ3) is 4.18. The SMILES string of the molecule is COCC(=O)N(c1cc(F)nc(F)c1)c1nc(C(=O)NC2CCC23CCCC3)c(C)s1. The predicted molar refractivity (Wildman–Crippen MR) is 111 cm³/mol. The maximum atomic E-state index is 13.7. The second-order valence-electron chi connectivity index (χ2n) is 8.17. The molecule has 0 radical (unpaired) electrons. The van der Waals surface area contributed by atoms with Gasteiger partial charge in [0.15, 0.2) is 5.13 Å². The van der Waals surface area contributed by atoms with Crippen molar-refractivity contribution in [3.05, 3.63) is 34.6 Å². The summed E-state index contributed by atoms with van der Waals surface area (Å²) in [7, 11) is 1.34. The lowest BCUT2D eigenvalue weighted by atomic mass is 9.63. The van der Waals surface area contributed by atoms with Crippen LogP contribution in [0.4, 0.5) is 19.6 Å². The molecule has 1 unspecified atom stereocenters. The highest BCUT2D eigenvalue weighted by atomic mass is 32.1. The first-order valence-electron chi connectivity index (χ1n) is 10.3. The number of thiazole rings is 1. The van der Waals surface area contributed by atoms with Crippen molar-refractivity contribution in [2.24, 2.45) is 5.41 Å². The number of aryl methyl sites for hydroxylation is 1. The minimum Gasteiger partial charge on any atom is -0.375 e. The molecule has 2 amide bonds. The van der Waals surface area contributed by atoms with Crippen LogP contribution >= 0.6 is 11.3 Å². The van der Waals surface area contributed by atoms with E-state index in [1.165, 1.54) is 20.0 Å². The van der Waals surface area contributed by atoms with E-state index in [9.17, 15) is 18.4 Å². The number of rotatable bonds is 6. The number of carbonyl (C=O) groups is 2. The first-order chi connectivity index (χ1) is 14.8. The number of amides is 2. The molecular weight excluding hydrogens is 426 g/mol. The Morgan fingerprint density at radius 3 is 2.48 bits per heavy atom. The summed E-state index contributed by atoms with van der Waals surface area (Å²) >= 11 is 1.10. The Morgan fingerprint density at radius 2 is 1.90 bits per heavy atom.